The summed E-state index contributed by atoms with van der Waals surface area (Å²) in [6, 6.07) is 3.82. The van der Waals surface area contributed by atoms with Crippen molar-refractivity contribution >= 4 is 18.2 Å². The molecule has 0 aliphatic heterocycles. The Labute approximate surface area is 84.1 Å². The lowest BCUT2D eigenvalue weighted by Crippen LogP contribution is -2.64. The van der Waals surface area contributed by atoms with E-state index in [4.69, 9.17) is 15.4 Å². The van der Waals surface area contributed by atoms with E-state index in [1.54, 1.807) is 5.16 Å². The van der Waals surface area contributed by atoms with E-state index in [-0.39, 0.29) is 16.7 Å². The van der Waals surface area contributed by atoms with Crippen LogP contribution in [0.15, 0.2) is 18.2 Å². The van der Waals surface area contributed by atoms with E-state index < -0.39 is 11.9 Å². The second-order valence-electron chi connectivity index (χ2n) is 2.65. The van der Waals surface area contributed by atoms with Gasteiger partial charge in [0.05, 0.1) is 16.7 Å². The maximum absolute atomic E-state index is 10.7. The average molecular weight is 210 g/mol. The molecule has 0 saturated heterocycles. The summed E-state index contributed by atoms with van der Waals surface area (Å²) in [5.41, 5.74) is -0.479. The minimum absolute atomic E-state index is 0.0833. The molecule has 0 heterocycles. The molecule has 0 spiro atoms. The first-order valence-electron chi connectivity index (χ1n) is 3.90. The number of benzene rings is 1. The molecular formula is C9H8NO5+. The van der Waals surface area contributed by atoms with Crippen LogP contribution in [-0.2, 0) is 0 Å². The van der Waals surface area contributed by atoms with Crippen molar-refractivity contribution in [2.24, 2.45) is 0 Å². The molecule has 78 valence electrons. The number of hydrogen-bond donors (Lipinski definition) is 4. The van der Waals surface area contributed by atoms with Gasteiger partial charge in [-0.15, -0.1) is 0 Å². The smallest absolute Gasteiger partial charge is 0.336 e. The Morgan fingerprint density at radius 2 is 1.60 bits per heavy atom. The molecule has 0 fully saturated rings. The van der Waals surface area contributed by atoms with Gasteiger partial charge in [0.25, 0.3) is 0 Å². The zero-order valence-corrected chi connectivity index (χ0v) is 7.47. The zero-order valence-electron chi connectivity index (χ0n) is 7.47. The molecule has 0 bridgehead atoms. The second-order valence-corrected chi connectivity index (χ2v) is 2.65. The Balaban J connectivity index is 3.48. The Kier molecular flexibility index (Phi) is 3.02. The topological polar surface area (TPSA) is 109 Å². The maximum Gasteiger partial charge on any atom is 0.336 e. The summed E-state index contributed by atoms with van der Waals surface area (Å²) in [6.07, 6.45) is 0.910. The van der Waals surface area contributed by atoms with Crippen molar-refractivity contribution < 1.29 is 30.2 Å². The van der Waals surface area contributed by atoms with Crippen molar-refractivity contribution in [3.63, 3.8) is 0 Å². The molecule has 4 N–H and O–H groups in total. The van der Waals surface area contributed by atoms with Gasteiger partial charge in [-0.2, -0.15) is 0 Å². The average Bonchev–Trinajstić information content (AvgIpc) is 2.17. The lowest BCUT2D eigenvalue weighted by Gasteiger charge is -2.01. The molecule has 6 nitrogen and oxygen atoms in total. The fraction of sp³-hybridized carbons (Fsp3) is 0. The number of aromatic carboxylic acids is 2. The molecule has 0 atom stereocenters. The van der Waals surface area contributed by atoms with Crippen molar-refractivity contribution in [2.45, 2.75) is 0 Å². The summed E-state index contributed by atoms with van der Waals surface area (Å²) < 4.78 is 0. The number of nitrogens with one attached hydrogen (secondary N) is 1. The lowest BCUT2D eigenvalue weighted by molar-refractivity contribution is -0.733. The van der Waals surface area contributed by atoms with Crippen LogP contribution in [0.4, 0.5) is 0 Å². The van der Waals surface area contributed by atoms with Crippen molar-refractivity contribution in [1.29, 1.82) is 0 Å². The maximum atomic E-state index is 10.7. The summed E-state index contributed by atoms with van der Waals surface area (Å²) >= 11 is 0. The van der Waals surface area contributed by atoms with E-state index in [2.05, 4.69) is 0 Å². The zero-order chi connectivity index (χ0) is 11.4. The Hall–Kier alpha value is -2.37. The number of hydrogen-bond acceptors (Lipinski definition) is 3. The lowest BCUT2D eigenvalue weighted by atomic mass is 10.0. The predicted octanol–water partition coefficient (Wildman–Crippen LogP) is -1.03. The van der Waals surface area contributed by atoms with Gasteiger partial charge in [-0.3, -0.25) is 5.21 Å². The van der Waals surface area contributed by atoms with Gasteiger partial charge in [0.2, 0.25) is 6.21 Å². The van der Waals surface area contributed by atoms with E-state index in [0.717, 1.165) is 6.21 Å². The van der Waals surface area contributed by atoms with Crippen molar-refractivity contribution in [3.8, 4) is 0 Å². The van der Waals surface area contributed by atoms with Crippen LogP contribution in [0, 0.1) is 0 Å². The minimum atomic E-state index is -1.26. The van der Waals surface area contributed by atoms with E-state index >= 15 is 0 Å². The highest BCUT2D eigenvalue weighted by Gasteiger charge is 2.18. The van der Waals surface area contributed by atoms with Gasteiger partial charge in [0, 0.05) is 0 Å². The molecule has 0 aliphatic rings. The summed E-state index contributed by atoms with van der Waals surface area (Å²) in [5, 5.41) is 27.6. The van der Waals surface area contributed by atoms with Crippen LogP contribution in [0.2, 0.25) is 0 Å². The quantitative estimate of drug-likeness (QED) is 0.290. The van der Waals surface area contributed by atoms with Gasteiger partial charge in [-0.1, -0.05) is 6.07 Å². The molecule has 1 rings (SSSR count). The third-order valence-electron chi connectivity index (χ3n) is 1.78. The number of carbonyl (C=O) groups is 2. The predicted molar refractivity (Wildman–Crippen MR) is 48.3 cm³/mol. The largest absolute Gasteiger partial charge is 0.478 e. The molecule has 1 aromatic carbocycles. The highest BCUT2D eigenvalue weighted by molar-refractivity contribution is 6.05. The van der Waals surface area contributed by atoms with Crippen molar-refractivity contribution in [2.75, 3.05) is 0 Å². The highest BCUT2D eigenvalue weighted by Crippen LogP contribution is 2.12. The second kappa shape index (κ2) is 4.23. The van der Waals surface area contributed by atoms with Gasteiger partial charge in [-0.25, -0.2) is 9.59 Å². The number of rotatable bonds is 3. The van der Waals surface area contributed by atoms with Crippen LogP contribution in [0.3, 0.4) is 0 Å². The Morgan fingerprint density at radius 3 is 1.93 bits per heavy atom. The number of carboxylic acid groups (broad SMARTS) is 2. The monoisotopic (exact) mass is 210 g/mol. The summed E-state index contributed by atoms with van der Waals surface area (Å²) in [5.74, 6) is -2.53. The molecule has 0 saturated carbocycles. The first-order chi connectivity index (χ1) is 7.07. The van der Waals surface area contributed by atoms with E-state index in [1.165, 1.54) is 18.2 Å². The third-order valence-corrected chi connectivity index (χ3v) is 1.78. The molecule has 0 unspecified atom stereocenters. The molecule has 0 radical (unpaired) electrons. The molecule has 0 amide bonds. The Morgan fingerprint density at radius 1 is 1.13 bits per heavy atom. The highest BCUT2D eigenvalue weighted by atomic mass is 16.4. The summed E-state index contributed by atoms with van der Waals surface area (Å²) in [4.78, 5) is 21.5. The van der Waals surface area contributed by atoms with Gasteiger partial charge >= 0.3 is 11.9 Å². The van der Waals surface area contributed by atoms with Gasteiger partial charge in [0.15, 0.2) is 0 Å². The normalized spacial score (nSPS) is 10.4. The molecule has 15 heavy (non-hydrogen) atoms. The standard InChI is InChI=1S/C9H7NO5/c11-8(12)5-2-1-3-6(9(13)14)7(5)4-10-15/h1-4,15H,(H,11,12)(H,13,14)/p+1. The fourth-order valence-corrected chi connectivity index (χ4v) is 1.16. The minimum Gasteiger partial charge on any atom is -0.478 e. The van der Waals surface area contributed by atoms with Crippen LogP contribution in [0.5, 0.6) is 0 Å². The third kappa shape index (κ3) is 2.11. The molecule has 6 heteroatoms. The van der Waals surface area contributed by atoms with Gasteiger partial charge in [-0.05, 0) is 17.3 Å². The van der Waals surface area contributed by atoms with Crippen LogP contribution >= 0.6 is 0 Å². The first kappa shape index (κ1) is 10.7. The van der Waals surface area contributed by atoms with Gasteiger partial charge < -0.3 is 10.2 Å². The molecular weight excluding hydrogens is 202 g/mol. The van der Waals surface area contributed by atoms with Crippen LogP contribution in [0.25, 0.3) is 0 Å². The Bertz CT molecular complexity index is 406. The van der Waals surface area contributed by atoms with Crippen LogP contribution in [0.1, 0.15) is 26.3 Å². The summed E-state index contributed by atoms with van der Waals surface area (Å²) in [6.45, 7) is 0. The molecule has 0 aromatic heterocycles. The molecule has 1 aromatic rings. The van der Waals surface area contributed by atoms with E-state index in [9.17, 15) is 9.59 Å². The van der Waals surface area contributed by atoms with Crippen LogP contribution in [-0.4, -0.2) is 33.6 Å². The van der Waals surface area contributed by atoms with Gasteiger partial charge in [0.1, 0.15) is 0 Å². The first-order valence-corrected chi connectivity index (χ1v) is 3.90. The molecule has 0 aliphatic carbocycles. The van der Waals surface area contributed by atoms with Crippen molar-refractivity contribution in [1.82, 2.24) is 0 Å². The summed E-state index contributed by atoms with van der Waals surface area (Å²) in [7, 11) is 0. The van der Waals surface area contributed by atoms with E-state index in [1.807, 2.05) is 0 Å². The SMILES string of the molecule is O=C(O)c1cccc(C(=O)O)c1C=[NH+]O. The fourth-order valence-electron chi connectivity index (χ4n) is 1.16. The number of carboxylic acids is 2. The van der Waals surface area contributed by atoms with Crippen LogP contribution < -0.4 is 5.16 Å². The van der Waals surface area contributed by atoms with E-state index in [0.29, 0.717) is 0 Å². The van der Waals surface area contributed by atoms with Crippen molar-refractivity contribution in [3.05, 3.63) is 34.9 Å².